The van der Waals surface area contributed by atoms with E-state index in [9.17, 15) is 13.2 Å². The molecule has 0 radical (unpaired) electrons. The van der Waals surface area contributed by atoms with E-state index in [2.05, 4.69) is 0 Å². The van der Waals surface area contributed by atoms with Crippen LogP contribution in [0.25, 0.3) is 0 Å². The molecule has 21 heavy (non-hydrogen) atoms. The van der Waals surface area contributed by atoms with Gasteiger partial charge in [-0.2, -0.15) is 24.9 Å². The van der Waals surface area contributed by atoms with Crippen LogP contribution in [0.15, 0.2) is 18.2 Å². The third-order valence-corrected chi connectivity index (χ3v) is 3.92. The summed E-state index contributed by atoms with van der Waals surface area (Å²) < 4.78 is 44.6. The lowest BCUT2D eigenvalue weighted by Crippen LogP contribution is -2.21. The minimum Gasteiger partial charge on any atom is -0.492 e. The fourth-order valence-electron chi connectivity index (χ4n) is 1.85. The van der Waals surface area contributed by atoms with Crippen LogP contribution in [-0.2, 0) is 12.6 Å². The number of nitrogens with two attached hydrogens (primary N) is 1. The molecule has 120 valence electrons. The molecule has 0 saturated heterocycles. The zero-order chi connectivity index (χ0) is 15.9. The van der Waals surface area contributed by atoms with Crippen molar-refractivity contribution in [2.24, 2.45) is 5.73 Å². The molecule has 0 spiro atoms. The Bertz CT molecular complexity index is 437. The third kappa shape index (κ3) is 6.18. The number of ether oxygens (including phenoxy) is 1. The summed E-state index contributed by atoms with van der Waals surface area (Å²) in [5, 5.41) is 0. The fourth-order valence-corrected chi connectivity index (χ4v) is 2.34. The van der Waals surface area contributed by atoms with Crippen molar-refractivity contribution in [2.45, 2.75) is 38.9 Å². The molecule has 2 N–H and O–H groups in total. The van der Waals surface area contributed by atoms with Crippen molar-refractivity contribution in [3.8, 4) is 5.75 Å². The van der Waals surface area contributed by atoms with Crippen molar-refractivity contribution in [2.75, 3.05) is 18.1 Å². The number of halogens is 3. The minimum atomic E-state index is -4.42. The van der Waals surface area contributed by atoms with Gasteiger partial charge in [-0.3, -0.25) is 0 Å². The Morgan fingerprint density at radius 3 is 2.57 bits per heavy atom. The summed E-state index contributed by atoms with van der Waals surface area (Å²) >= 11 is 1.63. The SMILES string of the molecule is CCSCCOc1ccc(CC(N)CC)cc1C(F)(F)F. The molecule has 2 nitrogen and oxygen atoms in total. The smallest absolute Gasteiger partial charge is 0.419 e. The van der Waals surface area contributed by atoms with Crippen molar-refractivity contribution in [1.29, 1.82) is 0 Å². The molecule has 0 aliphatic heterocycles. The molecular formula is C15H22F3NOS. The van der Waals surface area contributed by atoms with Gasteiger partial charge in [0.1, 0.15) is 5.75 Å². The molecule has 1 unspecified atom stereocenters. The number of hydrogen-bond donors (Lipinski definition) is 1. The maximum atomic E-state index is 13.1. The average molecular weight is 321 g/mol. The van der Waals surface area contributed by atoms with Gasteiger partial charge in [-0.15, -0.1) is 0 Å². The summed E-state index contributed by atoms with van der Waals surface area (Å²) in [5.74, 6) is 1.49. The zero-order valence-corrected chi connectivity index (χ0v) is 13.2. The van der Waals surface area contributed by atoms with Crippen LogP contribution in [0.2, 0.25) is 0 Å². The van der Waals surface area contributed by atoms with Gasteiger partial charge in [-0.25, -0.2) is 0 Å². The summed E-state index contributed by atoms with van der Waals surface area (Å²) in [6.07, 6.45) is -3.25. The molecule has 1 aromatic rings. The number of rotatable bonds is 8. The van der Waals surface area contributed by atoms with Crippen molar-refractivity contribution < 1.29 is 17.9 Å². The van der Waals surface area contributed by atoms with Crippen LogP contribution in [-0.4, -0.2) is 24.2 Å². The first-order valence-corrected chi connectivity index (χ1v) is 8.20. The van der Waals surface area contributed by atoms with Crippen LogP contribution in [0, 0.1) is 0 Å². The van der Waals surface area contributed by atoms with E-state index < -0.39 is 11.7 Å². The lowest BCUT2D eigenvalue weighted by Gasteiger charge is -2.16. The van der Waals surface area contributed by atoms with Crippen LogP contribution < -0.4 is 10.5 Å². The van der Waals surface area contributed by atoms with E-state index in [1.54, 1.807) is 17.8 Å². The van der Waals surface area contributed by atoms with Crippen molar-refractivity contribution in [3.05, 3.63) is 29.3 Å². The Hall–Kier alpha value is -0.880. The standard InChI is InChI=1S/C15H22F3NOS/c1-3-12(19)9-11-5-6-14(20-7-8-21-4-2)13(10-11)15(16,17)18/h5-6,10,12H,3-4,7-9,19H2,1-2H3. The first kappa shape index (κ1) is 18.2. The molecule has 0 fully saturated rings. The second kappa shape index (κ2) is 8.54. The highest BCUT2D eigenvalue weighted by atomic mass is 32.2. The maximum Gasteiger partial charge on any atom is 0.419 e. The molecule has 0 saturated carbocycles. The molecule has 6 heteroatoms. The topological polar surface area (TPSA) is 35.2 Å². The molecular weight excluding hydrogens is 299 g/mol. The van der Waals surface area contributed by atoms with E-state index in [0.29, 0.717) is 17.7 Å². The van der Waals surface area contributed by atoms with Gasteiger partial charge >= 0.3 is 6.18 Å². The minimum absolute atomic E-state index is 0.104. The summed E-state index contributed by atoms with van der Waals surface area (Å²) in [6, 6.07) is 4.08. The van der Waals surface area contributed by atoms with Crippen molar-refractivity contribution in [3.63, 3.8) is 0 Å². The summed E-state index contributed by atoms with van der Waals surface area (Å²) in [6.45, 7) is 4.19. The molecule has 0 bridgehead atoms. The van der Waals surface area contributed by atoms with E-state index in [4.69, 9.17) is 10.5 Å². The second-order valence-corrected chi connectivity index (χ2v) is 6.14. The van der Waals surface area contributed by atoms with Crippen molar-refractivity contribution in [1.82, 2.24) is 0 Å². The van der Waals surface area contributed by atoms with Crippen LogP contribution in [0.4, 0.5) is 13.2 Å². The Morgan fingerprint density at radius 1 is 1.29 bits per heavy atom. The zero-order valence-electron chi connectivity index (χ0n) is 12.4. The van der Waals surface area contributed by atoms with Gasteiger partial charge in [0.25, 0.3) is 0 Å². The quantitative estimate of drug-likeness (QED) is 0.732. The van der Waals surface area contributed by atoms with Gasteiger partial charge in [0.15, 0.2) is 0 Å². The Balaban J connectivity index is 2.87. The van der Waals surface area contributed by atoms with E-state index in [-0.39, 0.29) is 18.4 Å². The monoisotopic (exact) mass is 321 g/mol. The van der Waals surface area contributed by atoms with E-state index in [1.807, 2.05) is 13.8 Å². The fraction of sp³-hybridized carbons (Fsp3) is 0.600. The molecule has 0 aromatic heterocycles. The van der Waals surface area contributed by atoms with E-state index in [0.717, 1.165) is 18.2 Å². The van der Waals surface area contributed by atoms with Gasteiger partial charge < -0.3 is 10.5 Å². The highest BCUT2D eigenvalue weighted by Crippen LogP contribution is 2.37. The molecule has 1 aromatic carbocycles. The first-order chi connectivity index (χ1) is 9.88. The van der Waals surface area contributed by atoms with Gasteiger partial charge in [0.05, 0.1) is 12.2 Å². The summed E-state index contributed by atoms with van der Waals surface area (Å²) in [7, 11) is 0. The predicted molar refractivity (Wildman–Crippen MR) is 81.9 cm³/mol. The molecule has 0 aliphatic rings. The molecule has 0 amide bonds. The maximum absolute atomic E-state index is 13.1. The van der Waals surface area contributed by atoms with Crippen LogP contribution in [0.5, 0.6) is 5.75 Å². The van der Waals surface area contributed by atoms with Crippen molar-refractivity contribution >= 4 is 11.8 Å². The number of alkyl halides is 3. The molecule has 1 atom stereocenters. The largest absolute Gasteiger partial charge is 0.492 e. The predicted octanol–water partition coefficient (Wildman–Crippen LogP) is 4.12. The second-order valence-electron chi connectivity index (χ2n) is 4.75. The highest BCUT2D eigenvalue weighted by molar-refractivity contribution is 7.99. The molecule has 0 aliphatic carbocycles. The van der Waals surface area contributed by atoms with E-state index >= 15 is 0 Å². The first-order valence-electron chi connectivity index (χ1n) is 7.04. The van der Waals surface area contributed by atoms with Gasteiger partial charge in [0, 0.05) is 11.8 Å². The Kier molecular flexibility index (Phi) is 7.39. The van der Waals surface area contributed by atoms with Crippen LogP contribution in [0.3, 0.4) is 0 Å². The van der Waals surface area contributed by atoms with Gasteiger partial charge in [-0.05, 0) is 36.3 Å². The Morgan fingerprint density at radius 2 is 2.00 bits per heavy atom. The molecule has 1 rings (SSSR count). The summed E-state index contributed by atoms with van der Waals surface area (Å²) in [5.41, 5.74) is 5.67. The Labute approximate surface area is 128 Å². The number of thioether (sulfide) groups is 1. The lowest BCUT2D eigenvalue weighted by atomic mass is 10.0. The van der Waals surface area contributed by atoms with Crippen LogP contribution >= 0.6 is 11.8 Å². The third-order valence-electron chi connectivity index (χ3n) is 3.06. The molecule has 0 heterocycles. The number of benzene rings is 1. The van der Waals surface area contributed by atoms with Gasteiger partial charge in [-0.1, -0.05) is 19.9 Å². The summed E-state index contributed by atoms with van der Waals surface area (Å²) in [4.78, 5) is 0. The van der Waals surface area contributed by atoms with Crippen LogP contribution in [0.1, 0.15) is 31.4 Å². The normalized spacial score (nSPS) is 13.2. The highest BCUT2D eigenvalue weighted by Gasteiger charge is 2.34. The van der Waals surface area contributed by atoms with Gasteiger partial charge in [0.2, 0.25) is 0 Å². The average Bonchev–Trinajstić information content (AvgIpc) is 2.43. The lowest BCUT2D eigenvalue weighted by molar-refractivity contribution is -0.138. The van der Waals surface area contributed by atoms with E-state index in [1.165, 1.54) is 6.07 Å². The number of hydrogen-bond acceptors (Lipinski definition) is 3.